The molecule has 1 aromatic carbocycles. The second-order valence-corrected chi connectivity index (χ2v) is 4.83. The average Bonchev–Trinajstić information content (AvgIpc) is 2.38. The molecule has 1 aliphatic rings. The zero-order valence-corrected chi connectivity index (χ0v) is 10.8. The zero-order chi connectivity index (χ0) is 14.0. The van der Waals surface area contributed by atoms with Gasteiger partial charge in [-0.05, 0) is 5.56 Å². The maximum atomic E-state index is 12.0. The number of carbonyl (C=O) groups is 2. The Labute approximate surface area is 111 Å². The molecule has 19 heavy (non-hydrogen) atoms. The van der Waals surface area contributed by atoms with Gasteiger partial charge in [0, 0.05) is 5.92 Å². The first-order chi connectivity index (χ1) is 9.00. The average molecular weight is 260 g/mol. The number of nitrogens with one attached hydrogen (secondary N) is 1. The van der Waals surface area contributed by atoms with E-state index in [2.05, 4.69) is 10.3 Å². The third-order valence-corrected chi connectivity index (χ3v) is 3.08. The van der Waals surface area contributed by atoms with E-state index < -0.39 is 23.8 Å². The summed E-state index contributed by atoms with van der Waals surface area (Å²) in [5.41, 5.74) is 0.739. The van der Waals surface area contributed by atoms with Crippen LogP contribution in [0.25, 0.3) is 0 Å². The van der Waals surface area contributed by atoms with Crippen LogP contribution in [0.1, 0.15) is 25.5 Å². The van der Waals surface area contributed by atoms with Gasteiger partial charge in [-0.25, -0.2) is 0 Å². The Balaban J connectivity index is 2.47. The first-order valence-corrected chi connectivity index (χ1v) is 6.17. The van der Waals surface area contributed by atoms with E-state index in [-0.39, 0.29) is 5.92 Å². The molecule has 0 bridgehead atoms. The van der Waals surface area contributed by atoms with E-state index in [9.17, 15) is 14.7 Å². The van der Waals surface area contributed by atoms with Gasteiger partial charge in [0.25, 0.3) is 0 Å². The Morgan fingerprint density at radius 2 is 1.95 bits per heavy atom. The molecule has 0 spiro atoms. The van der Waals surface area contributed by atoms with Crippen LogP contribution in [0.4, 0.5) is 0 Å². The first kappa shape index (κ1) is 13.3. The van der Waals surface area contributed by atoms with Crippen molar-refractivity contribution in [2.24, 2.45) is 16.8 Å². The van der Waals surface area contributed by atoms with Crippen molar-refractivity contribution >= 4 is 17.7 Å². The number of carbonyl (C=O) groups excluding carboxylic acids is 1. The molecule has 1 aliphatic heterocycles. The maximum Gasteiger partial charge on any atom is 0.318 e. The topological polar surface area (TPSA) is 78.8 Å². The normalized spacial score (nSPS) is 22.9. The monoisotopic (exact) mass is 260 g/mol. The summed E-state index contributed by atoms with van der Waals surface area (Å²) in [5, 5.41) is 11.8. The van der Waals surface area contributed by atoms with Gasteiger partial charge in [0.05, 0.1) is 6.04 Å². The van der Waals surface area contributed by atoms with Crippen molar-refractivity contribution in [3.63, 3.8) is 0 Å². The van der Waals surface area contributed by atoms with Gasteiger partial charge >= 0.3 is 5.97 Å². The molecule has 0 radical (unpaired) electrons. The summed E-state index contributed by atoms with van der Waals surface area (Å²) in [6.45, 7) is 3.81. The number of nitrogens with zero attached hydrogens (tertiary/aromatic N) is 1. The molecule has 2 atom stereocenters. The number of aliphatic imine (C=N–C) groups is 1. The quantitative estimate of drug-likeness (QED) is 0.810. The van der Waals surface area contributed by atoms with E-state index in [1.54, 1.807) is 12.1 Å². The van der Waals surface area contributed by atoms with Gasteiger partial charge in [0.1, 0.15) is 5.84 Å². The van der Waals surface area contributed by atoms with Crippen LogP contribution >= 0.6 is 0 Å². The van der Waals surface area contributed by atoms with Gasteiger partial charge in [-0.15, -0.1) is 0 Å². The highest BCUT2D eigenvalue weighted by molar-refractivity contribution is 6.09. The summed E-state index contributed by atoms with van der Waals surface area (Å²) in [4.78, 5) is 27.7. The number of hydrogen-bond donors (Lipinski definition) is 2. The van der Waals surface area contributed by atoms with Crippen LogP contribution in [-0.4, -0.2) is 22.8 Å². The third kappa shape index (κ3) is 2.65. The molecule has 1 amide bonds. The van der Waals surface area contributed by atoms with Crippen LogP contribution in [0.5, 0.6) is 0 Å². The summed E-state index contributed by atoms with van der Waals surface area (Å²) in [6.07, 6.45) is 0. The maximum absolute atomic E-state index is 12.0. The predicted octanol–water partition coefficient (Wildman–Crippen LogP) is 1.61. The number of amides is 1. The van der Waals surface area contributed by atoms with Crippen LogP contribution in [0.3, 0.4) is 0 Å². The van der Waals surface area contributed by atoms with Gasteiger partial charge in [-0.1, -0.05) is 44.2 Å². The molecule has 5 heteroatoms. The van der Waals surface area contributed by atoms with Crippen molar-refractivity contribution in [2.75, 3.05) is 0 Å². The van der Waals surface area contributed by atoms with E-state index in [0.717, 1.165) is 5.56 Å². The van der Waals surface area contributed by atoms with Crippen LogP contribution < -0.4 is 5.32 Å². The molecule has 0 aliphatic carbocycles. The molecule has 2 rings (SSSR count). The van der Waals surface area contributed by atoms with Crippen molar-refractivity contribution in [2.45, 2.75) is 19.9 Å². The number of hydrogen-bond acceptors (Lipinski definition) is 3. The summed E-state index contributed by atoms with van der Waals surface area (Å²) in [6, 6.07) is 8.39. The van der Waals surface area contributed by atoms with Crippen LogP contribution in [0.15, 0.2) is 35.3 Å². The van der Waals surface area contributed by atoms with Crippen molar-refractivity contribution in [3.8, 4) is 0 Å². The summed E-state index contributed by atoms with van der Waals surface area (Å²) >= 11 is 0. The predicted molar refractivity (Wildman–Crippen MR) is 70.7 cm³/mol. The number of aliphatic carboxylic acids is 1. The van der Waals surface area contributed by atoms with E-state index in [1.807, 2.05) is 32.0 Å². The highest BCUT2D eigenvalue weighted by atomic mass is 16.4. The Morgan fingerprint density at radius 3 is 2.47 bits per heavy atom. The Bertz CT molecular complexity index is 523. The minimum absolute atomic E-state index is 0.0462. The largest absolute Gasteiger partial charge is 0.481 e. The molecule has 5 nitrogen and oxygen atoms in total. The second kappa shape index (κ2) is 5.22. The molecule has 0 fully saturated rings. The fourth-order valence-corrected chi connectivity index (χ4v) is 2.06. The SMILES string of the molecule is CC(C)C1=NC(c2ccccc2)C(C(=O)O)C(=O)N1. The lowest BCUT2D eigenvalue weighted by Crippen LogP contribution is -2.47. The molecule has 100 valence electrons. The van der Waals surface area contributed by atoms with Crippen molar-refractivity contribution < 1.29 is 14.7 Å². The molecule has 2 unspecified atom stereocenters. The van der Waals surface area contributed by atoms with Gasteiger partial charge in [-0.3, -0.25) is 14.6 Å². The second-order valence-electron chi connectivity index (χ2n) is 4.83. The van der Waals surface area contributed by atoms with E-state index in [0.29, 0.717) is 5.84 Å². The van der Waals surface area contributed by atoms with Gasteiger partial charge < -0.3 is 10.4 Å². The molecule has 0 saturated heterocycles. The molecular formula is C14H16N2O3. The lowest BCUT2D eigenvalue weighted by Gasteiger charge is -2.28. The van der Waals surface area contributed by atoms with Crippen molar-refractivity contribution in [3.05, 3.63) is 35.9 Å². The smallest absolute Gasteiger partial charge is 0.318 e. The fourth-order valence-electron chi connectivity index (χ4n) is 2.06. The van der Waals surface area contributed by atoms with Gasteiger partial charge in [0.2, 0.25) is 5.91 Å². The molecule has 1 aromatic rings. The molecule has 2 N–H and O–H groups in total. The summed E-state index contributed by atoms with van der Waals surface area (Å²) in [5.74, 6) is -2.25. The van der Waals surface area contributed by atoms with Crippen molar-refractivity contribution in [1.82, 2.24) is 5.32 Å². The van der Waals surface area contributed by atoms with Gasteiger partial charge in [-0.2, -0.15) is 0 Å². The summed E-state index contributed by atoms with van der Waals surface area (Å²) < 4.78 is 0. The Morgan fingerprint density at radius 1 is 1.32 bits per heavy atom. The minimum Gasteiger partial charge on any atom is -0.481 e. The number of amidine groups is 1. The zero-order valence-electron chi connectivity index (χ0n) is 10.8. The summed E-state index contributed by atoms with van der Waals surface area (Å²) in [7, 11) is 0. The van der Waals surface area contributed by atoms with Crippen molar-refractivity contribution in [1.29, 1.82) is 0 Å². The molecule has 0 saturated carbocycles. The third-order valence-electron chi connectivity index (χ3n) is 3.08. The van der Waals surface area contributed by atoms with E-state index >= 15 is 0 Å². The number of benzene rings is 1. The Hall–Kier alpha value is -2.17. The molecule has 0 aromatic heterocycles. The highest BCUT2D eigenvalue weighted by Crippen LogP contribution is 2.30. The number of carboxylic acids is 1. The molecule has 1 heterocycles. The standard InChI is InChI=1S/C14H16N2O3/c1-8(2)12-15-11(9-6-4-3-5-7-9)10(14(18)19)13(17)16-12/h3-8,10-11H,1-2H3,(H,18,19)(H,15,16,17). The van der Waals surface area contributed by atoms with Crippen LogP contribution in [-0.2, 0) is 9.59 Å². The lowest BCUT2D eigenvalue weighted by atomic mass is 9.90. The number of carboxylic acid groups (broad SMARTS) is 1. The minimum atomic E-state index is -1.18. The van der Waals surface area contributed by atoms with E-state index in [1.165, 1.54) is 0 Å². The van der Waals surface area contributed by atoms with Crippen LogP contribution in [0.2, 0.25) is 0 Å². The van der Waals surface area contributed by atoms with Gasteiger partial charge in [0.15, 0.2) is 5.92 Å². The highest BCUT2D eigenvalue weighted by Gasteiger charge is 2.40. The van der Waals surface area contributed by atoms with E-state index in [4.69, 9.17) is 0 Å². The fraction of sp³-hybridized carbons (Fsp3) is 0.357. The Kier molecular flexibility index (Phi) is 3.64. The van der Waals surface area contributed by atoms with Crippen LogP contribution in [0, 0.1) is 11.8 Å². The first-order valence-electron chi connectivity index (χ1n) is 6.17. The lowest BCUT2D eigenvalue weighted by molar-refractivity contribution is -0.147. The molecular weight excluding hydrogens is 244 g/mol. The number of rotatable bonds is 3.